The molecule has 0 fully saturated rings. The first-order valence-corrected chi connectivity index (χ1v) is 9.98. The second-order valence-corrected chi connectivity index (χ2v) is 9.06. The fourth-order valence-electron chi connectivity index (χ4n) is 4.51. The Morgan fingerprint density at radius 1 is 0.821 bits per heavy atom. The second kappa shape index (κ2) is 7.50. The molecular formula is C25H27B3. The Morgan fingerprint density at radius 3 is 2.07 bits per heavy atom. The number of hydrogen-bond acceptors (Lipinski definition) is 0. The van der Waals surface area contributed by atoms with Crippen LogP contribution in [0.5, 0.6) is 0 Å². The van der Waals surface area contributed by atoms with Crippen LogP contribution in [0.2, 0.25) is 0 Å². The fourth-order valence-corrected chi connectivity index (χ4v) is 4.51. The number of hydrogen-bond donors (Lipinski definition) is 0. The molecule has 0 saturated carbocycles. The molecule has 2 aromatic carbocycles. The van der Waals surface area contributed by atoms with Crippen LogP contribution in [0, 0.1) is 19.3 Å². The van der Waals surface area contributed by atoms with Crippen LogP contribution in [0.3, 0.4) is 0 Å². The zero-order valence-corrected chi connectivity index (χ0v) is 18.0. The summed E-state index contributed by atoms with van der Waals surface area (Å²) >= 11 is 0. The van der Waals surface area contributed by atoms with Crippen LogP contribution in [0.15, 0.2) is 41.5 Å². The lowest BCUT2D eigenvalue weighted by Crippen LogP contribution is -2.41. The summed E-state index contributed by atoms with van der Waals surface area (Å²) in [6.45, 7) is 13.4. The van der Waals surface area contributed by atoms with Crippen LogP contribution in [0.4, 0.5) is 0 Å². The van der Waals surface area contributed by atoms with E-state index < -0.39 is 0 Å². The summed E-state index contributed by atoms with van der Waals surface area (Å²) in [5, 5.41) is 0. The molecule has 0 amide bonds. The summed E-state index contributed by atoms with van der Waals surface area (Å²) in [5.74, 6) is 0. The van der Waals surface area contributed by atoms with Crippen molar-refractivity contribution < 1.29 is 0 Å². The van der Waals surface area contributed by atoms with Gasteiger partial charge in [0.05, 0.1) is 0 Å². The third-order valence-corrected chi connectivity index (χ3v) is 5.83. The third kappa shape index (κ3) is 3.57. The van der Waals surface area contributed by atoms with Gasteiger partial charge in [-0.2, -0.15) is 0 Å². The van der Waals surface area contributed by atoms with E-state index in [1.165, 1.54) is 33.4 Å². The minimum absolute atomic E-state index is 0.0380. The van der Waals surface area contributed by atoms with Crippen molar-refractivity contribution in [1.29, 1.82) is 0 Å². The summed E-state index contributed by atoms with van der Waals surface area (Å²) < 4.78 is 0. The van der Waals surface area contributed by atoms with E-state index in [1.807, 2.05) is 6.07 Å². The minimum Gasteiger partial charge on any atom is -0.110 e. The SMILES string of the molecule is [B]c1cc(C)c(C2=C(C(C)(C)C)C(c3ccccc3C)=C(C)CC2)c([B])c1[B]. The minimum atomic E-state index is -0.0380. The van der Waals surface area contributed by atoms with Gasteiger partial charge in [0.15, 0.2) is 0 Å². The highest BCUT2D eigenvalue weighted by atomic mass is 14.4. The lowest BCUT2D eigenvalue weighted by Gasteiger charge is -2.36. The average Bonchev–Trinajstić information content (AvgIpc) is 2.60. The van der Waals surface area contributed by atoms with Crippen LogP contribution in [0.1, 0.15) is 62.8 Å². The van der Waals surface area contributed by atoms with Crippen molar-refractivity contribution in [3.05, 3.63) is 63.7 Å². The molecule has 0 nitrogen and oxygen atoms in total. The average molecular weight is 360 g/mol. The zero-order chi connectivity index (χ0) is 20.8. The quantitative estimate of drug-likeness (QED) is 0.716. The molecular weight excluding hydrogens is 333 g/mol. The van der Waals surface area contributed by atoms with Gasteiger partial charge in [0.2, 0.25) is 0 Å². The van der Waals surface area contributed by atoms with Gasteiger partial charge in [-0.3, -0.25) is 0 Å². The lowest BCUT2D eigenvalue weighted by molar-refractivity contribution is 0.518. The first kappa shape index (κ1) is 20.8. The molecule has 0 N–H and O–H groups in total. The fraction of sp³-hybridized carbons (Fsp3) is 0.360. The molecule has 3 heteroatoms. The Bertz CT molecular complexity index is 1000. The van der Waals surface area contributed by atoms with Crippen LogP contribution < -0.4 is 16.4 Å². The Hall–Kier alpha value is -1.89. The van der Waals surface area contributed by atoms with Crippen molar-refractivity contribution in [2.45, 2.75) is 54.4 Å². The summed E-state index contributed by atoms with van der Waals surface area (Å²) in [4.78, 5) is 0. The van der Waals surface area contributed by atoms with Crippen molar-refractivity contribution in [3.63, 3.8) is 0 Å². The highest BCUT2D eigenvalue weighted by Gasteiger charge is 2.31. The van der Waals surface area contributed by atoms with Gasteiger partial charge in [-0.05, 0) is 78.0 Å². The summed E-state index contributed by atoms with van der Waals surface area (Å²) in [7, 11) is 18.8. The first-order valence-electron chi connectivity index (χ1n) is 9.98. The highest BCUT2D eigenvalue weighted by Crippen LogP contribution is 2.49. The maximum absolute atomic E-state index is 6.51. The predicted octanol–water partition coefficient (Wildman–Crippen LogP) is 3.75. The molecule has 6 radical (unpaired) electrons. The van der Waals surface area contributed by atoms with Crippen LogP contribution in [0.25, 0.3) is 11.1 Å². The largest absolute Gasteiger partial charge is 0.113 e. The van der Waals surface area contributed by atoms with E-state index in [2.05, 4.69) is 65.8 Å². The Morgan fingerprint density at radius 2 is 1.46 bits per heavy atom. The Kier molecular flexibility index (Phi) is 5.59. The van der Waals surface area contributed by atoms with E-state index in [9.17, 15) is 0 Å². The standard InChI is InChI=1S/C25H27B3/c1-14-9-7-8-10-17(14)20-15(2)11-12-18(22(20)25(4,5)6)21-16(3)13-19(26)23(27)24(21)28/h7-10,13H,11-12H2,1-6H3. The zero-order valence-electron chi connectivity index (χ0n) is 18.0. The van der Waals surface area contributed by atoms with Gasteiger partial charge >= 0.3 is 0 Å². The van der Waals surface area contributed by atoms with Gasteiger partial charge < -0.3 is 0 Å². The molecule has 2 aromatic rings. The molecule has 0 heterocycles. The van der Waals surface area contributed by atoms with Gasteiger partial charge in [0.1, 0.15) is 23.5 Å². The number of rotatable bonds is 2. The smallest absolute Gasteiger partial charge is 0.110 e. The number of benzene rings is 2. The summed E-state index contributed by atoms with van der Waals surface area (Å²) in [6, 6.07) is 10.6. The van der Waals surface area contributed by atoms with Gasteiger partial charge in [-0.15, -0.1) is 10.9 Å². The molecule has 0 saturated heterocycles. The molecule has 0 aliphatic heterocycles. The summed E-state index contributed by atoms with van der Waals surface area (Å²) in [6.07, 6.45) is 1.98. The number of allylic oxidation sites excluding steroid dienone is 4. The molecule has 28 heavy (non-hydrogen) atoms. The van der Waals surface area contributed by atoms with Crippen molar-refractivity contribution in [3.8, 4) is 0 Å². The van der Waals surface area contributed by atoms with E-state index in [0.717, 1.165) is 24.0 Å². The molecule has 136 valence electrons. The highest BCUT2D eigenvalue weighted by molar-refractivity contribution is 6.58. The van der Waals surface area contributed by atoms with E-state index >= 15 is 0 Å². The molecule has 3 rings (SSSR count). The lowest BCUT2D eigenvalue weighted by atomic mass is 9.64. The van der Waals surface area contributed by atoms with Gasteiger partial charge in [0, 0.05) is 0 Å². The molecule has 0 aromatic heterocycles. The van der Waals surface area contributed by atoms with Crippen LogP contribution in [-0.2, 0) is 0 Å². The van der Waals surface area contributed by atoms with Gasteiger partial charge in [0.25, 0.3) is 0 Å². The number of aryl methyl sites for hydroxylation is 2. The third-order valence-electron chi connectivity index (χ3n) is 5.83. The molecule has 0 atom stereocenters. The van der Waals surface area contributed by atoms with E-state index in [-0.39, 0.29) is 5.41 Å². The Labute approximate surface area is 174 Å². The van der Waals surface area contributed by atoms with Crippen molar-refractivity contribution >= 4 is 51.1 Å². The van der Waals surface area contributed by atoms with E-state index in [4.69, 9.17) is 23.5 Å². The van der Waals surface area contributed by atoms with E-state index in [0.29, 0.717) is 16.4 Å². The van der Waals surface area contributed by atoms with Crippen molar-refractivity contribution in [2.75, 3.05) is 0 Å². The normalized spacial score (nSPS) is 15.4. The maximum Gasteiger partial charge on any atom is 0.113 e. The molecule has 1 aliphatic carbocycles. The van der Waals surface area contributed by atoms with Gasteiger partial charge in [-0.25, -0.2) is 0 Å². The van der Waals surface area contributed by atoms with E-state index in [1.54, 1.807) is 0 Å². The first-order chi connectivity index (χ1) is 13.0. The second-order valence-electron chi connectivity index (χ2n) is 9.06. The molecule has 0 bridgehead atoms. The molecule has 0 spiro atoms. The molecule has 1 aliphatic rings. The van der Waals surface area contributed by atoms with Crippen LogP contribution in [-0.4, -0.2) is 23.5 Å². The Balaban J connectivity index is 2.41. The predicted molar refractivity (Wildman–Crippen MR) is 127 cm³/mol. The van der Waals surface area contributed by atoms with Crippen LogP contribution >= 0.6 is 0 Å². The topological polar surface area (TPSA) is 0 Å². The monoisotopic (exact) mass is 360 g/mol. The van der Waals surface area contributed by atoms with Crippen molar-refractivity contribution in [2.24, 2.45) is 5.41 Å². The van der Waals surface area contributed by atoms with Gasteiger partial charge in [-0.1, -0.05) is 62.1 Å². The molecule has 0 unspecified atom stereocenters. The maximum atomic E-state index is 6.51. The van der Waals surface area contributed by atoms with Crippen molar-refractivity contribution in [1.82, 2.24) is 0 Å². The summed E-state index contributed by atoms with van der Waals surface area (Å²) in [5.41, 5.74) is 11.8.